The van der Waals surface area contributed by atoms with Gasteiger partial charge in [0, 0.05) is 6.20 Å². The number of nitriles is 1. The Morgan fingerprint density at radius 1 is 1.60 bits per heavy atom. The van der Waals surface area contributed by atoms with E-state index in [1.165, 1.54) is 6.07 Å². The third-order valence-electron chi connectivity index (χ3n) is 1.74. The number of nitrogens with two attached hydrogens (primary N) is 2. The first-order valence-electron chi connectivity index (χ1n) is 3.75. The van der Waals surface area contributed by atoms with Crippen LogP contribution >= 0.6 is 0 Å². The molecule has 1 rings (SSSR count). The van der Waals surface area contributed by atoms with Crippen molar-refractivity contribution in [1.29, 1.82) is 5.26 Å². The summed E-state index contributed by atoms with van der Waals surface area (Å²) in [5, 5.41) is 8.65. The molecule has 5 nitrogen and oxygen atoms in total. The van der Waals surface area contributed by atoms with E-state index >= 15 is 0 Å². The van der Waals surface area contributed by atoms with E-state index in [0.717, 1.165) is 6.20 Å². The number of hydrogen-bond acceptors (Lipinski definition) is 4. The molecule has 1 heterocycles. The van der Waals surface area contributed by atoms with Crippen molar-refractivity contribution in [3.05, 3.63) is 22.9 Å². The SMILES string of the molecule is N#Cc1c(C(N)=O)cnc(N)c1C(F)F. The predicted octanol–water partition coefficient (Wildman–Crippen LogP) is 0.572. The zero-order valence-electron chi connectivity index (χ0n) is 7.37. The van der Waals surface area contributed by atoms with E-state index in [0.29, 0.717) is 0 Å². The fraction of sp³-hybridized carbons (Fsp3) is 0.125. The van der Waals surface area contributed by atoms with Gasteiger partial charge in [-0.05, 0) is 0 Å². The second-order valence-electron chi connectivity index (χ2n) is 2.62. The first kappa shape index (κ1) is 10.8. The summed E-state index contributed by atoms with van der Waals surface area (Å²) >= 11 is 0. The van der Waals surface area contributed by atoms with E-state index in [1.54, 1.807) is 0 Å². The zero-order valence-corrected chi connectivity index (χ0v) is 7.37. The highest BCUT2D eigenvalue weighted by molar-refractivity contribution is 5.95. The molecule has 0 saturated heterocycles. The Morgan fingerprint density at radius 2 is 2.20 bits per heavy atom. The van der Waals surface area contributed by atoms with Crippen LogP contribution in [0.1, 0.15) is 27.9 Å². The molecule has 1 aromatic rings. The average molecular weight is 212 g/mol. The minimum Gasteiger partial charge on any atom is -0.383 e. The molecule has 0 aromatic carbocycles. The number of carbonyl (C=O) groups is 1. The maximum Gasteiger partial charge on any atom is 0.268 e. The Kier molecular flexibility index (Phi) is 2.80. The van der Waals surface area contributed by atoms with Gasteiger partial charge < -0.3 is 11.5 Å². The molecule has 78 valence electrons. The second kappa shape index (κ2) is 3.88. The molecule has 0 unspecified atom stereocenters. The molecule has 7 heteroatoms. The molecule has 15 heavy (non-hydrogen) atoms. The van der Waals surface area contributed by atoms with E-state index in [9.17, 15) is 13.6 Å². The Morgan fingerprint density at radius 3 is 2.60 bits per heavy atom. The van der Waals surface area contributed by atoms with Gasteiger partial charge in [0.15, 0.2) is 0 Å². The highest BCUT2D eigenvalue weighted by atomic mass is 19.3. The monoisotopic (exact) mass is 212 g/mol. The number of rotatable bonds is 2. The van der Waals surface area contributed by atoms with Gasteiger partial charge in [0.2, 0.25) is 0 Å². The van der Waals surface area contributed by atoms with E-state index in [4.69, 9.17) is 16.7 Å². The van der Waals surface area contributed by atoms with Crippen molar-refractivity contribution in [2.45, 2.75) is 6.43 Å². The highest BCUT2D eigenvalue weighted by Crippen LogP contribution is 2.28. The van der Waals surface area contributed by atoms with Crippen molar-refractivity contribution in [2.24, 2.45) is 5.73 Å². The summed E-state index contributed by atoms with van der Waals surface area (Å²) in [4.78, 5) is 14.2. The molecule has 0 saturated carbocycles. The second-order valence-corrected chi connectivity index (χ2v) is 2.62. The molecule has 0 aliphatic rings. The summed E-state index contributed by atoms with van der Waals surface area (Å²) in [5.41, 5.74) is 8.43. The summed E-state index contributed by atoms with van der Waals surface area (Å²) in [7, 11) is 0. The van der Waals surface area contributed by atoms with Gasteiger partial charge in [-0.15, -0.1) is 0 Å². The topological polar surface area (TPSA) is 106 Å². The number of alkyl halides is 2. The number of nitrogens with zero attached hydrogens (tertiary/aromatic N) is 2. The van der Waals surface area contributed by atoms with Crippen LogP contribution in [0.25, 0.3) is 0 Å². The van der Waals surface area contributed by atoms with E-state index in [-0.39, 0.29) is 5.56 Å². The molecular weight excluding hydrogens is 206 g/mol. The number of anilines is 1. The van der Waals surface area contributed by atoms with Gasteiger partial charge in [0.25, 0.3) is 12.3 Å². The molecule has 1 amide bonds. The van der Waals surface area contributed by atoms with Gasteiger partial charge >= 0.3 is 0 Å². The Labute approximate surface area is 83.3 Å². The van der Waals surface area contributed by atoms with Crippen LogP contribution in [0.15, 0.2) is 6.20 Å². The van der Waals surface area contributed by atoms with Crippen molar-refractivity contribution < 1.29 is 13.6 Å². The normalized spacial score (nSPS) is 10.0. The molecule has 0 atom stereocenters. The third-order valence-corrected chi connectivity index (χ3v) is 1.74. The maximum absolute atomic E-state index is 12.5. The summed E-state index contributed by atoms with van der Waals surface area (Å²) in [5.74, 6) is -1.48. The van der Waals surface area contributed by atoms with Crippen LogP contribution in [0.4, 0.5) is 14.6 Å². The number of aromatic nitrogens is 1. The van der Waals surface area contributed by atoms with Gasteiger partial charge in [-0.1, -0.05) is 0 Å². The molecule has 0 aliphatic carbocycles. The molecule has 0 radical (unpaired) electrons. The number of amides is 1. The number of primary amides is 1. The van der Waals surface area contributed by atoms with Crippen LogP contribution in [-0.4, -0.2) is 10.9 Å². The fourth-order valence-corrected chi connectivity index (χ4v) is 1.07. The van der Waals surface area contributed by atoms with Crippen LogP contribution in [0.2, 0.25) is 0 Å². The largest absolute Gasteiger partial charge is 0.383 e. The van der Waals surface area contributed by atoms with Crippen LogP contribution in [0.3, 0.4) is 0 Å². The lowest BCUT2D eigenvalue weighted by atomic mass is 10.0. The Balaban J connectivity index is 3.56. The van der Waals surface area contributed by atoms with E-state index in [2.05, 4.69) is 4.98 Å². The van der Waals surface area contributed by atoms with Gasteiger partial charge in [-0.25, -0.2) is 13.8 Å². The zero-order chi connectivity index (χ0) is 11.6. The lowest BCUT2D eigenvalue weighted by molar-refractivity contribution is 0.0999. The third kappa shape index (κ3) is 1.83. The summed E-state index contributed by atoms with van der Waals surface area (Å²) in [6, 6.07) is 1.47. The first-order valence-corrected chi connectivity index (χ1v) is 3.75. The number of nitrogen functional groups attached to an aromatic ring is 1. The number of carbonyl (C=O) groups excluding carboxylic acids is 1. The lowest BCUT2D eigenvalue weighted by Gasteiger charge is -2.08. The molecule has 0 fully saturated rings. The van der Waals surface area contributed by atoms with Crippen LogP contribution in [-0.2, 0) is 0 Å². The minimum absolute atomic E-state index is 0.359. The van der Waals surface area contributed by atoms with Crippen molar-refractivity contribution in [3.63, 3.8) is 0 Å². The first-order chi connectivity index (χ1) is 6.99. The van der Waals surface area contributed by atoms with E-state index in [1.807, 2.05) is 0 Å². The van der Waals surface area contributed by atoms with Gasteiger partial charge in [0.05, 0.1) is 16.7 Å². The molecular formula is C8H6F2N4O. The van der Waals surface area contributed by atoms with Crippen LogP contribution in [0, 0.1) is 11.3 Å². The summed E-state index contributed by atoms with van der Waals surface area (Å²) in [6.07, 6.45) is -2.08. The van der Waals surface area contributed by atoms with Gasteiger partial charge in [0.1, 0.15) is 11.9 Å². The number of halogens is 2. The fourth-order valence-electron chi connectivity index (χ4n) is 1.07. The lowest BCUT2D eigenvalue weighted by Crippen LogP contribution is -2.16. The quantitative estimate of drug-likeness (QED) is 0.747. The summed E-state index contributed by atoms with van der Waals surface area (Å²) in [6.45, 7) is 0. The Bertz CT molecular complexity index is 453. The molecule has 1 aromatic heterocycles. The van der Waals surface area contributed by atoms with Crippen molar-refractivity contribution in [3.8, 4) is 6.07 Å². The van der Waals surface area contributed by atoms with Crippen molar-refractivity contribution in [1.82, 2.24) is 4.98 Å². The van der Waals surface area contributed by atoms with Crippen molar-refractivity contribution >= 4 is 11.7 Å². The van der Waals surface area contributed by atoms with Gasteiger partial charge in [-0.3, -0.25) is 4.79 Å². The smallest absolute Gasteiger partial charge is 0.268 e. The van der Waals surface area contributed by atoms with E-state index < -0.39 is 29.3 Å². The van der Waals surface area contributed by atoms with Crippen LogP contribution in [0.5, 0.6) is 0 Å². The highest BCUT2D eigenvalue weighted by Gasteiger charge is 2.22. The minimum atomic E-state index is -2.98. The summed E-state index contributed by atoms with van der Waals surface area (Å²) < 4.78 is 25.0. The Hall–Kier alpha value is -2.23. The maximum atomic E-state index is 12.5. The standard InChI is InChI=1S/C8H6F2N4O/c9-6(10)5-3(1-11)4(8(13)15)2-14-7(5)12/h2,6H,(H2,12,14)(H2,13,15). The average Bonchev–Trinajstić information content (AvgIpc) is 2.15. The molecule has 0 bridgehead atoms. The molecule has 4 N–H and O–H groups in total. The number of hydrogen-bond donors (Lipinski definition) is 2. The van der Waals surface area contributed by atoms with Crippen LogP contribution < -0.4 is 11.5 Å². The molecule has 0 aliphatic heterocycles. The van der Waals surface area contributed by atoms with Crippen molar-refractivity contribution in [2.75, 3.05) is 5.73 Å². The predicted molar refractivity (Wildman–Crippen MR) is 46.8 cm³/mol. The molecule has 0 spiro atoms. The number of pyridine rings is 1. The van der Waals surface area contributed by atoms with Gasteiger partial charge in [-0.2, -0.15) is 5.26 Å².